The molecular formula is C21H33F3IN3O3. The van der Waals surface area contributed by atoms with Gasteiger partial charge < -0.3 is 24.8 Å². The van der Waals surface area contributed by atoms with Crippen molar-refractivity contribution < 1.29 is 27.4 Å². The molecule has 1 aliphatic heterocycles. The molecule has 0 saturated carbocycles. The minimum Gasteiger partial charge on any atom is -0.382 e. The molecule has 0 amide bonds. The fourth-order valence-corrected chi connectivity index (χ4v) is 3.45. The zero-order valence-corrected chi connectivity index (χ0v) is 20.4. The highest BCUT2D eigenvalue weighted by atomic mass is 127. The third kappa shape index (κ3) is 9.11. The second-order valence-electron chi connectivity index (χ2n) is 7.28. The summed E-state index contributed by atoms with van der Waals surface area (Å²) in [6, 6.07) is 5.63. The van der Waals surface area contributed by atoms with Crippen LogP contribution in [0.1, 0.15) is 30.4 Å². The predicted molar refractivity (Wildman–Crippen MR) is 125 cm³/mol. The third-order valence-corrected chi connectivity index (χ3v) is 5.26. The summed E-state index contributed by atoms with van der Waals surface area (Å²) in [5.41, 5.74) is -0.391. The molecule has 0 unspecified atom stereocenters. The van der Waals surface area contributed by atoms with Gasteiger partial charge in [0.15, 0.2) is 5.96 Å². The van der Waals surface area contributed by atoms with Crippen LogP contribution in [-0.2, 0) is 25.8 Å². The van der Waals surface area contributed by atoms with E-state index in [0.29, 0.717) is 70.5 Å². The van der Waals surface area contributed by atoms with Crippen LogP contribution in [0.3, 0.4) is 0 Å². The average molecular weight is 559 g/mol. The van der Waals surface area contributed by atoms with Crippen molar-refractivity contribution >= 4 is 29.9 Å². The van der Waals surface area contributed by atoms with Crippen LogP contribution in [0, 0.1) is 0 Å². The van der Waals surface area contributed by atoms with Crippen LogP contribution in [0.5, 0.6) is 0 Å². The lowest BCUT2D eigenvalue weighted by molar-refractivity contribution is -0.137. The van der Waals surface area contributed by atoms with Crippen molar-refractivity contribution in [3.8, 4) is 0 Å². The molecule has 10 heteroatoms. The Bertz CT molecular complexity index is 669. The summed E-state index contributed by atoms with van der Waals surface area (Å²) < 4.78 is 55.5. The first-order valence-electron chi connectivity index (χ1n) is 10.2. The van der Waals surface area contributed by atoms with Gasteiger partial charge in [0.2, 0.25) is 0 Å². The molecule has 0 aliphatic carbocycles. The number of hydrogen-bond acceptors (Lipinski definition) is 4. The Labute approximate surface area is 199 Å². The number of hydrogen-bond donors (Lipinski definition) is 2. The molecule has 2 rings (SSSR count). The summed E-state index contributed by atoms with van der Waals surface area (Å²) in [7, 11) is 3.30. The number of guanidine groups is 1. The lowest BCUT2D eigenvalue weighted by atomic mass is 9.73. The molecular weight excluding hydrogens is 526 g/mol. The molecule has 0 spiro atoms. The van der Waals surface area contributed by atoms with E-state index in [-0.39, 0.29) is 24.0 Å². The molecule has 0 radical (unpaired) electrons. The van der Waals surface area contributed by atoms with Crippen molar-refractivity contribution in [3.63, 3.8) is 0 Å². The van der Waals surface area contributed by atoms with Crippen LogP contribution in [-0.4, -0.2) is 66.2 Å². The maximum Gasteiger partial charge on any atom is 0.416 e. The average Bonchev–Trinajstić information content (AvgIpc) is 2.75. The molecule has 2 N–H and O–H groups in total. The van der Waals surface area contributed by atoms with Gasteiger partial charge in [-0.3, -0.25) is 4.99 Å². The lowest BCUT2D eigenvalue weighted by Gasteiger charge is -2.38. The topological polar surface area (TPSA) is 64.1 Å². The monoisotopic (exact) mass is 559 g/mol. The first-order valence-corrected chi connectivity index (χ1v) is 10.2. The Balaban J connectivity index is 0.00000480. The Kier molecular flexibility index (Phi) is 12.7. The third-order valence-electron chi connectivity index (χ3n) is 5.26. The molecule has 1 aromatic carbocycles. The van der Waals surface area contributed by atoms with Gasteiger partial charge in [0, 0.05) is 52.5 Å². The number of rotatable bonds is 10. The number of alkyl halides is 3. The standard InChI is InChI=1S/C21H32F3N3O3.HI/c1-25-19(26-9-4-10-29-14-13-28-2)27-16-20(7-11-30-12-8-20)17-5-3-6-18(15-17)21(22,23)24;/h3,5-6,15H,4,7-14,16H2,1-2H3,(H2,25,26,27);1H. The van der Waals surface area contributed by atoms with Gasteiger partial charge in [-0.15, -0.1) is 24.0 Å². The van der Waals surface area contributed by atoms with Gasteiger partial charge in [-0.1, -0.05) is 18.2 Å². The maximum absolute atomic E-state index is 13.2. The van der Waals surface area contributed by atoms with E-state index in [2.05, 4.69) is 15.6 Å². The van der Waals surface area contributed by atoms with Gasteiger partial charge in [0.25, 0.3) is 0 Å². The molecule has 1 aliphatic rings. The van der Waals surface area contributed by atoms with E-state index in [4.69, 9.17) is 14.2 Å². The quantitative estimate of drug-likeness (QED) is 0.199. The summed E-state index contributed by atoms with van der Waals surface area (Å²) in [5.74, 6) is 0.615. The van der Waals surface area contributed by atoms with E-state index in [0.717, 1.165) is 12.5 Å². The van der Waals surface area contributed by atoms with E-state index in [1.165, 1.54) is 12.1 Å². The van der Waals surface area contributed by atoms with Crippen LogP contribution in [0.2, 0.25) is 0 Å². The Morgan fingerprint density at radius 2 is 1.90 bits per heavy atom. The number of nitrogens with one attached hydrogen (secondary N) is 2. The van der Waals surface area contributed by atoms with Crippen molar-refractivity contribution in [1.29, 1.82) is 0 Å². The van der Waals surface area contributed by atoms with E-state index >= 15 is 0 Å². The normalized spacial score (nSPS) is 16.5. The minimum absolute atomic E-state index is 0. The summed E-state index contributed by atoms with van der Waals surface area (Å²) >= 11 is 0. The van der Waals surface area contributed by atoms with Gasteiger partial charge in [-0.2, -0.15) is 13.2 Å². The lowest BCUT2D eigenvalue weighted by Crippen LogP contribution is -2.48. The number of benzene rings is 1. The maximum atomic E-state index is 13.2. The van der Waals surface area contributed by atoms with Crippen LogP contribution >= 0.6 is 24.0 Å². The van der Waals surface area contributed by atoms with Gasteiger partial charge in [-0.25, -0.2) is 0 Å². The predicted octanol–water partition coefficient (Wildman–Crippen LogP) is 3.59. The van der Waals surface area contributed by atoms with Crippen molar-refractivity contribution in [2.45, 2.75) is 30.9 Å². The smallest absolute Gasteiger partial charge is 0.382 e. The van der Waals surface area contributed by atoms with Crippen molar-refractivity contribution in [2.24, 2.45) is 4.99 Å². The molecule has 0 aromatic heterocycles. The molecule has 1 saturated heterocycles. The summed E-state index contributed by atoms with van der Waals surface area (Å²) in [6.45, 7) is 3.92. The molecule has 178 valence electrons. The zero-order valence-electron chi connectivity index (χ0n) is 18.1. The van der Waals surface area contributed by atoms with E-state index in [1.807, 2.05) is 0 Å². The fourth-order valence-electron chi connectivity index (χ4n) is 3.45. The number of halogens is 4. The SMILES string of the molecule is CN=C(NCCCOCCOC)NCC1(c2cccc(C(F)(F)F)c2)CCOCC1.I. The van der Waals surface area contributed by atoms with E-state index in [1.54, 1.807) is 20.2 Å². The largest absolute Gasteiger partial charge is 0.416 e. The first kappa shape index (κ1) is 27.9. The highest BCUT2D eigenvalue weighted by molar-refractivity contribution is 14.0. The van der Waals surface area contributed by atoms with Crippen LogP contribution < -0.4 is 10.6 Å². The molecule has 1 fully saturated rings. The highest BCUT2D eigenvalue weighted by Gasteiger charge is 2.37. The molecule has 1 heterocycles. The Hall–Kier alpha value is -1.11. The molecule has 0 atom stereocenters. The van der Waals surface area contributed by atoms with E-state index in [9.17, 15) is 13.2 Å². The summed E-state index contributed by atoms with van der Waals surface area (Å²) in [4.78, 5) is 4.22. The number of nitrogens with zero attached hydrogens (tertiary/aromatic N) is 1. The zero-order chi connectivity index (χ0) is 21.9. The van der Waals surface area contributed by atoms with Gasteiger partial charge in [0.05, 0.1) is 18.8 Å². The Morgan fingerprint density at radius 1 is 1.16 bits per heavy atom. The second-order valence-corrected chi connectivity index (χ2v) is 7.28. The molecule has 1 aromatic rings. The van der Waals surface area contributed by atoms with E-state index < -0.39 is 17.2 Å². The van der Waals surface area contributed by atoms with Crippen molar-refractivity contribution in [3.05, 3.63) is 35.4 Å². The molecule has 6 nitrogen and oxygen atoms in total. The van der Waals surface area contributed by atoms with Crippen molar-refractivity contribution in [2.75, 3.05) is 60.3 Å². The van der Waals surface area contributed by atoms with Gasteiger partial charge >= 0.3 is 6.18 Å². The van der Waals surface area contributed by atoms with Crippen LogP contribution in [0.25, 0.3) is 0 Å². The number of ether oxygens (including phenoxy) is 3. The molecule has 0 bridgehead atoms. The highest BCUT2D eigenvalue weighted by Crippen LogP contribution is 2.37. The molecule has 31 heavy (non-hydrogen) atoms. The number of aliphatic imine (C=N–C) groups is 1. The second kappa shape index (κ2) is 14.1. The number of methoxy groups -OCH3 is 1. The van der Waals surface area contributed by atoms with Gasteiger partial charge in [-0.05, 0) is 30.9 Å². The summed E-state index contributed by atoms with van der Waals surface area (Å²) in [5, 5.41) is 6.51. The van der Waals surface area contributed by atoms with Gasteiger partial charge in [0.1, 0.15) is 0 Å². The first-order chi connectivity index (χ1) is 14.4. The van der Waals surface area contributed by atoms with Crippen LogP contribution in [0.4, 0.5) is 13.2 Å². The minimum atomic E-state index is -4.36. The van der Waals surface area contributed by atoms with Crippen LogP contribution in [0.15, 0.2) is 29.3 Å². The fraction of sp³-hybridized carbons (Fsp3) is 0.667. The Morgan fingerprint density at radius 3 is 2.55 bits per heavy atom. The summed E-state index contributed by atoms with van der Waals surface area (Å²) in [6.07, 6.45) is -2.27. The van der Waals surface area contributed by atoms with Crippen molar-refractivity contribution in [1.82, 2.24) is 10.6 Å².